The van der Waals surface area contributed by atoms with Crippen LogP contribution in [0.15, 0.2) is 0 Å². The zero-order valence-corrected chi connectivity index (χ0v) is 7.06. The molecule has 0 aliphatic rings. The van der Waals surface area contributed by atoms with E-state index in [-0.39, 0.29) is 0 Å². The van der Waals surface area contributed by atoms with Crippen molar-refractivity contribution >= 4 is 0 Å². The molecule has 1 unspecified atom stereocenters. The Hall–Kier alpha value is -0.0800. The molecule has 0 spiro atoms. The van der Waals surface area contributed by atoms with Gasteiger partial charge in [0.15, 0.2) is 0 Å². The molecule has 0 aromatic heterocycles. The number of hydrogen-bond acceptors (Lipinski definition) is 2. The van der Waals surface area contributed by atoms with E-state index >= 15 is 0 Å². The van der Waals surface area contributed by atoms with E-state index in [1.54, 1.807) is 0 Å². The van der Waals surface area contributed by atoms with Gasteiger partial charge in [0.25, 0.3) is 0 Å². The molecule has 0 aliphatic heterocycles. The number of aliphatic hydroxyl groups is 1. The van der Waals surface area contributed by atoms with E-state index in [2.05, 4.69) is 12.2 Å². The van der Waals surface area contributed by atoms with Gasteiger partial charge in [-0.3, -0.25) is 0 Å². The Labute approximate surface area is 63.6 Å². The van der Waals surface area contributed by atoms with Gasteiger partial charge in [0.2, 0.25) is 0 Å². The lowest BCUT2D eigenvalue weighted by atomic mass is 10.0. The van der Waals surface area contributed by atoms with E-state index in [1.807, 2.05) is 7.05 Å². The van der Waals surface area contributed by atoms with Crippen LogP contribution >= 0.6 is 0 Å². The van der Waals surface area contributed by atoms with Crippen molar-refractivity contribution in [1.29, 1.82) is 0 Å². The van der Waals surface area contributed by atoms with Crippen LogP contribution in [0.5, 0.6) is 0 Å². The summed E-state index contributed by atoms with van der Waals surface area (Å²) in [4.78, 5) is 0. The highest BCUT2D eigenvalue weighted by atomic mass is 16.3. The summed E-state index contributed by atoms with van der Waals surface area (Å²) in [6.07, 6.45) is 3.42. The Balaban J connectivity index is 3.21. The van der Waals surface area contributed by atoms with E-state index in [0.717, 1.165) is 19.4 Å². The van der Waals surface area contributed by atoms with Crippen LogP contribution in [0.25, 0.3) is 0 Å². The van der Waals surface area contributed by atoms with Crippen LogP contribution < -0.4 is 5.32 Å². The lowest BCUT2D eigenvalue weighted by Crippen LogP contribution is -2.15. The standard InChI is InChI=1S/C8H19NO/c1-3-4-8(7-10)5-6-9-2/h8-10H,3-7H2,1-2H3. The summed E-state index contributed by atoms with van der Waals surface area (Å²) in [6.45, 7) is 3.52. The molecule has 0 heterocycles. The van der Waals surface area contributed by atoms with Gasteiger partial charge in [0, 0.05) is 6.61 Å². The molecule has 2 heteroatoms. The zero-order chi connectivity index (χ0) is 7.82. The fraction of sp³-hybridized carbons (Fsp3) is 1.00. The van der Waals surface area contributed by atoms with Gasteiger partial charge in [0.1, 0.15) is 0 Å². The first-order chi connectivity index (χ1) is 4.85. The van der Waals surface area contributed by atoms with Crippen LogP contribution in [-0.4, -0.2) is 25.3 Å². The van der Waals surface area contributed by atoms with Crippen molar-refractivity contribution in [3.63, 3.8) is 0 Å². The molecule has 0 aromatic carbocycles. The minimum atomic E-state index is 0.343. The monoisotopic (exact) mass is 145 g/mol. The van der Waals surface area contributed by atoms with Gasteiger partial charge in [0.05, 0.1) is 0 Å². The van der Waals surface area contributed by atoms with Crippen molar-refractivity contribution in [3.8, 4) is 0 Å². The second kappa shape index (κ2) is 7.03. The van der Waals surface area contributed by atoms with Crippen molar-refractivity contribution in [1.82, 2.24) is 5.32 Å². The minimum Gasteiger partial charge on any atom is -0.396 e. The van der Waals surface area contributed by atoms with E-state index in [0.29, 0.717) is 12.5 Å². The van der Waals surface area contributed by atoms with Crippen LogP contribution in [0.2, 0.25) is 0 Å². The quantitative estimate of drug-likeness (QED) is 0.584. The lowest BCUT2D eigenvalue weighted by Gasteiger charge is -2.11. The maximum atomic E-state index is 8.86. The topological polar surface area (TPSA) is 32.3 Å². The molecule has 0 fully saturated rings. The fourth-order valence-corrected chi connectivity index (χ4v) is 1.08. The number of rotatable bonds is 6. The minimum absolute atomic E-state index is 0.343. The lowest BCUT2D eigenvalue weighted by molar-refractivity contribution is 0.210. The number of nitrogens with one attached hydrogen (secondary N) is 1. The summed E-state index contributed by atoms with van der Waals surface area (Å²) < 4.78 is 0. The van der Waals surface area contributed by atoms with Gasteiger partial charge in [-0.15, -0.1) is 0 Å². The molecule has 0 saturated heterocycles. The van der Waals surface area contributed by atoms with Gasteiger partial charge in [-0.05, 0) is 32.4 Å². The predicted octanol–water partition coefficient (Wildman–Crippen LogP) is 1.00. The Kier molecular flexibility index (Phi) is 6.98. The number of aliphatic hydroxyl groups excluding tert-OH is 1. The van der Waals surface area contributed by atoms with E-state index in [9.17, 15) is 0 Å². The molecule has 0 saturated carbocycles. The molecule has 2 nitrogen and oxygen atoms in total. The summed E-state index contributed by atoms with van der Waals surface area (Å²) in [5.74, 6) is 0.512. The second-order valence-corrected chi connectivity index (χ2v) is 2.73. The third kappa shape index (κ3) is 4.77. The highest BCUT2D eigenvalue weighted by molar-refractivity contribution is 4.57. The predicted molar refractivity (Wildman–Crippen MR) is 44.0 cm³/mol. The summed E-state index contributed by atoms with van der Waals surface area (Å²) in [5, 5.41) is 11.9. The molecular weight excluding hydrogens is 126 g/mol. The van der Waals surface area contributed by atoms with Crippen LogP contribution in [0, 0.1) is 5.92 Å². The van der Waals surface area contributed by atoms with E-state index in [1.165, 1.54) is 6.42 Å². The molecule has 0 amide bonds. The molecule has 0 aromatic rings. The van der Waals surface area contributed by atoms with Gasteiger partial charge >= 0.3 is 0 Å². The maximum absolute atomic E-state index is 8.86. The molecule has 10 heavy (non-hydrogen) atoms. The summed E-state index contributed by atoms with van der Waals surface area (Å²) >= 11 is 0. The average Bonchev–Trinajstić information content (AvgIpc) is 1.98. The Morgan fingerprint density at radius 3 is 2.50 bits per heavy atom. The zero-order valence-electron chi connectivity index (χ0n) is 7.06. The van der Waals surface area contributed by atoms with Gasteiger partial charge in [-0.1, -0.05) is 13.3 Å². The molecule has 62 valence electrons. The smallest absolute Gasteiger partial charge is 0.0459 e. The van der Waals surface area contributed by atoms with Crippen molar-refractivity contribution in [2.45, 2.75) is 26.2 Å². The average molecular weight is 145 g/mol. The SMILES string of the molecule is CCCC(CO)CCNC. The normalized spacial score (nSPS) is 13.5. The summed E-state index contributed by atoms with van der Waals surface area (Å²) in [7, 11) is 1.94. The molecule has 1 atom stereocenters. The Bertz CT molecular complexity index is 66.3. The van der Waals surface area contributed by atoms with Crippen molar-refractivity contribution in [2.24, 2.45) is 5.92 Å². The van der Waals surface area contributed by atoms with E-state index in [4.69, 9.17) is 5.11 Å². The first kappa shape index (κ1) is 9.92. The van der Waals surface area contributed by atoms with Gasteiger partial charge in [-0.25, -0.2) is 0 Å². The van der Waals surface area contributed by atoms with Crippen molar-refractivity contribution in [2.75, 3.05) is 20.2 Å². The molecule has 0 aliphatic carbocycles. The van der Waals surface area contributed by atoms with Gasteiger partial charge < -0.3 is 10.4 Å². The van der Waals surface area contributed by atoms with Crippen molar-refractivity contribution in [3.05, 3.63) is 0 Å². The molecule has 0 bridgehead atoms. The summed E-state index contributed by atoms with van der Waals surface area (Å²) in [5.41, 5.74) is 0. The Morgan fingerprint density at radius 2 is 2.10 bits per heavy atom. The van der Waals surface area contributed by atoms with Crippen LogP contribution in [0.3, 0.4) is 0 Å². The molecular formula is C8H19NO. The fourth-order valence-electron chi connectivity index (χ4n) is 1.08. The highest BCUT2D eigenvalue weighted by Gasteiger charge is 2.03. The van der Waals surface area contributed by atoms with Crippen LogP contribution in [0.4, 0.5) is 0 Å². The largest absolute Gasteiger partial charge is 0.396 e. The molecule has 0 rings (SSSR count). The molecule has 2 N–H and O–H groups in total. The van der Waals surface area contributed by atoms with Crippen molar-refractivity contribution < 1.29 is 5.11 Å². The third-order valence-corrected chi connectivity index (χ3v) is 1.76. The molecule has 0 radical (unpaired) electrons. The van der Waals surface area contributed by atoms with E-state index < -0.39 is 0 Å². The van der Waals surface area contributed by atoms with Crippen LogP contribution in [-0.2, 0) is 0 Å². The second-order valence-electron chi connectivity index (χ2n) is 2.73. The first-order valence-electron chi connectivity index (χ1n) is 4.10. The van der Waals surface area contributed by atoms with Gasteiger partial charge in [-0.2, -0.15) is 0 Å². The maximum Gasteiger partial charge on any atom is 0.0459 e. The third-order valence-electron chi connectivity index (χ3n) is 1.76. The highest BCUT2D eigenvalue weighted by Crippen LogP contribution is 2.08. The van der Waals surface area contributed by atoms with Crippen LogP contribution in [0.1, 0.15) is 26.2 Å². The number of hydrogen-bond donors (Lipinski definition) is 2. The Morgan fingerprint density at radius 1 is 1.40 bits per heavy atom. The first-order valence-corrected chi connectivity index (χ1v) is 4.10. The summed E-state index contributed by atoms with van der Waals surface area (Å²) in [6, 6.07) is 0.